The number of hydrogen-bond donors (Lipinski definition) is 2. The maximum absolute atomic E-state index is 11.9. The van der Waals surface area contributed by atoms with Crippen LogP contribution in [0.4, 0.5) is 0 Å². The molecule has 1 heterocycles. The second kappa shape index (κ2) is 5.90. The van der Waals surface area contributed by atoms with Gasteiger partial charge in [-0.15, -0.1) is 0 Å². The van der Waals surface area contributed by atoms with Crippen LogP contribution in [0.15, 0.2) is 41.4 Å². The zero-order valence-corrected chi connectivity index (χ0v) is 11.6. The van der Waals surface area contributed by atoms with Gasteiger partial charge in [0.05, 0.1) is 10.7 Å². The number of carbonyl (C=O) groups is 1. The number of benzene rings is 1. The van der Waals surface area contributed by atoms with E-state index < -0.39 is 0 Å². The highest BCUT2D eigenvalue weighted by molar-refractivity contribution is 8.00. The number of thioether (sulfide) groups is 1. The molecule has 1 aromatic heterocycles. The van der Waals surface area contributed by atoms with Crippen LogP contribution in [-0.4, -0.2) is 15.7 Å². The fourth-order valence-electron chi connectivity index (χ4n) is 1.79. The monoisotopic (exact) mass is 276 g/mol. The number of carbonyl (C=O) groups excluding carboxylic acids is 1. The summed E-state index contributed by atoms with van der Waals surface area (Å²) in [6.45, 7) is 1.92. The molecule has 3 N–H and O–H groups in total. The molecule has 1 atom stereocenters. The summed E-state index contributed by atoms with van der Waals surface area (Å²) in [7, 11) is 1.86. The molecule has 0 saturated heterocycles. The van der Waals surface area contributed by atoms with Crippen LogP contribution in [0.3, 0.4) is 0 Å². The molecule has 1 amide bonds. The molecule has 2 aromatic rings. The third kappa shape index (κ3) is 3.15. The van der Waals surface area contributed by atoms with E-state index in [2.05, 4.69) is 10.5 Å². The van der Waals surface area contributed by atoms with Crippen molar-refractivity contribution in [3.63, 3.8) is 0 Å². The summed E-state index contributed by atoms with van der Waals surface area (Å²) in [6.07, 6.45) is 0. The number of nitrogens with two attached hydrogens (primary N) is 1. The van der Waals surface area contributed by atoms with Crippen LogP contribution in [0.2, 0.25) is 0 Å². The first-order chi connectivity index (χ1) is 9.11. The zero-order chi connectivity index (χ0) is 13.8. The van der Waals surface area contributed by atoms with Crippen LogP contribution in [-0.2, 0) is 11.8 Å². The van der Waals surface area contributed by atoms with Crippen LogP contribution in [0, 0.1) is 6.92 Å². The Morgan fingerprint density at radius 1 is 1.42 bits per heavy atom. The van der Waals surface area contributed by atoms with E-state index in [0.29, 0.717) is 0 Å². The standard InChI is InChI=1S/C13H16N4OS/c1-9-8-11(17(2)16-9)19-12(13(18)15-14)10-6-4-3-5-7-10/h3-8,12H,14H2,1-2H3,(H,15,18). The average Bonchev–Trinajstić information content (AvgIpc) is 2.74. The third-order valence-electron chi connectivity index (χ3n) is 2.68. The lowest BCUT2D eigenvalue weighted by atomic mass is 10.1. The lowest BCUT2D eigenvalue weighted by Gasteiger charge is -2.15. The van der Waals surface area contributed by atoms with Crippen molar-refractivity contribution in [2.45, 2.75) is 17.2 Å². The molecule has 19 heavy (non-hydrogen) atoms. The van der Waals surface area contributed by atoms with E-state index in [0.717, 1.165) is 16.3 Å². The van der Waals surface area contributed by atoms with Crippen molar-refractivity contribution in [2.24, 2.45) is 12.9 Å². The first-order valence-corrected chi connectivity index (χ1v) is 6.72. The second-order valence-corrected chi connectivity index (χ2v) is 5.29. The smallest absolute Gasteiger partial charge is 0.251 e. The molecule has 0 bridgehead atoms. The number of hydrazine groups is 1. The number of aromatic nitrogens is 2. The maximum atomic E-state index is 11.9. The van der Waals surface area contributed by atoms with Crippen molar-refractivity contribution in [3.8, 4) is 0 Å². The van der Waals surface area contributed by atoms with E-state index in [1.807, 2.05) is 50.4 Å². The summed E-state index contributed by atoms with van der Waals surface area (Å²) in [5, 5.41) is 4.81. The Morgan fingerprint density at radius 2 is 2.11 bits per heavy atom. The Balaban J connectivity index is 2.29. The Hall–Kier alpha value is -1.79. The molecule has 0 radical (unpaired) electrons. The third-order valence-corrected chi connectivity index (χ3v) is 4.03. The van der Waals surface area contributed by atoms with Crippen molar-refractivity contribution in [1.29, 1.82) is 0 Å². The lowest BCUT2D eigenvalue weighted by molar-refractivity contribution is -0.120. The number of nitrogens with zero attached hydrogens (tertiary/aromatic N) is 2. The van der Waals surface area contributed by atoms with Gasteiger partial charge < -0.3 is 0 Å². The fraction of sp³-hybridized carbons (Fsp3) is 0.231. The van der Waals surface area contributed by atoms with Crippen LogP contribution in [0.1, 0.15) is 16.5 Å². The van der Waals surface area contributed by atoms with E-state index in [-0.39, 0.29) is 11.2 Å². The van der Waals surface area contributed by atoms with Gasteiger partial charge in [-0.05, 0) is 18.6 Å². The number of amides is 1. The minimum Gasteiger partial charge on any atom is -0.293 e. The molecule has 0 fully saturated rings. The van der Waals surface area contributed by atoms with Gasteiger partial charge in [-0.2, -0.15) is 5.10 Å². The van der Waals surface area contributed by atoms with E-state index in [9.17, 15) is 4.79 Å². The molecule has 0 aliphatic carbocycles. The summed E-state index contributed by atoms with van der Waals surface area (Å²) in [4.78, 5) is 11.9. The first-order valence-electron chi connectivity index (χ1n) is 5.84. The van der Waals surface area contributed by atoms with Gasteiger partial charge in [0.1, 0.15) is 5.25 Å². The Morgan fingerprint density at radius 3 is 2.63 bits per heavy atom. The van der Waals surface area contributed by atoms with Crippen molar-refractivity contribution >= 4 is 17.7 Å². The molecule has 100 valence electrons. The number of aryl methyl sites for hydroxylation is 2. The van der Waals surface area contributed by atoms with E-state index in [1.54, 1.807) is 4.68 Å². The molecule has 1 unspecified atom stereocenters. The molecule has 5 nitrogen and oxygen atoms in total. The van der Waals surface area contributed by atoms with E-state index in [1.165, 1.54) is 11.8 Å². The van der Waals surface area contributed by atoms with Gasteiger partial charge in [0.2, 0.25) is 0 Å². The summed E-state index contributed by atoms with van der Waals surface area (Å²) in [5.41, 5.74) is 4.05. The van der Waals surface area contributed by atoms with E-state index in [4.69, 9.17) is 5.84 Å². The van der Waals surface area contributed by atoms with Crippen LogP contribution < -0.4 is 11.3 Å². The van der Waals surface area contributed by atoms with Crippen LogP contribution in [0.5, 0.6) is 0 Å². The second-order valence-electron chi connectivity index (χ2n) is 4.16. The molecule has 0 aliphatic rings. The van der Waals surface area contributed by atoms with Crippen molar-refractivity contribution in [2.75, 3.05) is 0 Å². The molecule has 0 aliphatic heterocycles. The van der Waals surface area contributed by atoms with Gasteiger partial charge >= 0.3 is 0 Å². The summed E-state index contributed by atoms with van der Waals surface area (Å²) < 4.78 is 1.76. The minimum absolute atomic E-state index is 0.227. The molecule has 2 rings (SSSR count). The van der Waals surface area contributed by atoms with Crippen LogP contribution in [0.25, 0.3) is 0 Å². The minimum atomic E-state index is -0.388. The van der Waals surface area contributed by atoms with Gasteiger partial charge in [0.15, 0.2) is 0 Å². The molecular weight excluding hydrogens is 260 g/mol. The first kappa shape index (κ1) is 13.6. The summed E-state index contributed by atoms with van der Waals surface area (Å²) in [5.74, 6) is 5.05. The summed E-state index contributed by atoms with van der Waals surface area (Å²) in [6, 6.07) is 11.5. The number of nitrogens with one attached hydrogen (secondary N) is 1. The van der Waals surface area contributed by atoms with Gasteiger partial charge in [-0.1, -0.05) is 42.1 Å². The quantitative estimate of drug-likeness (QED) is 0.384. The Kier molecular flexibility index (Phi) is 4.24. The normalized spacial score (nSPS) is 12.2. The molecule has 0 saturated carbocycles. The SMILES string of the molecule is Cc1cc(SC(C(=O)NN)c2ccccc2)n(C)n1. The van der Waals surface area contributed by atoms with Gasteiger partial charge in [-0.3, -0.25) is 14.9 Å². The fourth-order valence-corrected chi connectivity index (χ4v) is 2.94. The maximum Gasteiger partial charge on any atom is 0.251 e. The van der Waals surface area contributed by atoms with E-state index >= 15 is 0 Å². The molecular formula is C13H16N4OS. The Bertz CT molecular complexity index is 567. The predicted molar refractivity (Wildman–Crippen MR) is 75.3 cm³/mol. The predicted octanol–water partition coefficient (Wildman–Crippen LogP) is 1.55. The highest BCUT2D eigenvalue weighted by Crippen LogP contribution is 2.35. The topological polar surface area (TPSA) is 72.9 Å². The summed E-state index contributed by atoms with van der Waals surface area (Å²) >= 11 is 1.43. The van der Waals surface area contributed by atoms with Gasteiger partial charge in [0, 0.05) is 7.05 Å². The van der Waals surface area contributed by atoms with Crippen molar-refractivity contribution in [3.05, 3.63) is 47.7 Å². The van der Waals surface area contributed by atoms with Crippen LogP contribution >= 0.6 is 11.8 Å². The Labute approximate surface area is 116 Å². The highest BCUT2D eigenvalue weighted by Gasteiger charge is 2.22. The highest BCUT2D eigenvalue weighted by atomic mass is 32.2. The van der Waals surface area contributed by atoms with Gasteiger partial charge in [0.25, 0.3) is 5.91 Å². The lowest BCUT2D eigenvalue weighted by Crippen LogP contribution is -2.33. The number of rotatable bonds is 4. The van der Waals surface area contributed by atoms with Crippen molar-refractivity contribution in [1.82, 2.24) is 15.2 Å². The van der Waals surface area contributed by atoms with Crippen molar-refractivity contribution < 1.29 is 4.79 Å². The number of hydrogen-bond acceptors (Lipinski definition) is 4. The van der Waals surface area contributed by atoms with Gasteiger partial charge in [-0.25, -0.2) is 5.84 Å². The molecule has 1 aromatic carbocycles. The zero-order valence-electron chi connectivity index (χ0n) is 10.8. The molecule has 0 spiro atoms. The molecule has 6 heteroatoms. The largest absolute Gasteiger partial charge is 0.293 e. The average molecular weight is 276 g/mol.